The molecule has 0 aromatic heterocycles. The van der Waals surface area contributed by atoms with Crippen molar-refractivity contribution in [2.45, 2.75) is 6.54 Å². The zero-order valence-electron chi connectivity index (χ0n) is 21.1. The molecule has 8 nitrogen and oxygen atoms in total. The Hall–Kier alpha value is -4.56. The summed E-state index contributed by atoms with van der Waals surface area (Å²) in [5.74, 6) is 0.253. The van der Waals surface area contributed by atoms with Gasteiger partial charge in [0.25, 0.3) is 0 Å². The molecular weight excluding hydrogens is 474 g/mol. The standard InChI is InChI=1S/C29H29NO7/c1-34-23-12-8-13-24(35-2)27(23)22(31)17-16-21(19-30(33)18-20-10-6-5-7-11-20)29(32)28-25(36-3)14-9-15-26(28)37-4/h5-17,19,33H,18H2,1-4H3/b17-16+,21-19+. The number of carbonyl (C=O) groups excluding carboxylic acids is 2. The van der Waals surface area contributed by atoms with Crippen molar-refractivity contribution in [3.05, 3.63) is 107 Å². The van der Waals surface area contributed by atoms with Crippen molar-refractivity contribution in [1.29, 1.82) is 0 Å². The van der Waals surface area contributed by atoms with E-state index in [4.69, 9.17) is 18.9 Å². The number of nitrogens with zero attached hydrogens (tertiary/aromatic N) is 1. The van der Waals surface area contributed by atoms with E-state index in [0.29, 0.717) is 11.5 Å². The number of ketones is 2. The average molecular weight is 504 g/mol. The Kier molecular flexibility index (Phi) is 9.46. The van der Waals surface area contributed by atoms with Crippen LogP contribution in [0.4, 0.5) is 0 Å². The molecule has 3 aromatic carbocycles. The number of hydrogen-bond acceptors (Lipinski definition) is 8. The number of carbonyl (C=O) groups is 2. The summed E-state index contributed by atoms with van der Waals surface area (Å²) >= 11 is 0. The molecule has 0 aliphatic carbocycles. The first kappa shape index (κ1) is 27.0. The minimum atomic E-state index is -0.516. The number of ether oxygens (including phenoxy) is 4. The number of rotatable bonds is 12. The summed E-state index contributed by atoms with van der Waals surface area (Å²) in [6.07, 6.45) is 3.81. The van der Waals surface area contributed by atoms with Gasteiger partial charge in [-0.05, 0) is 42.0 Å². The SMILES string of the molecule is COc1cccc(OC)c1C(=O)/C=C/C(=C\N(O)Cc1ccccc1)C(=O)c1c(OC)cccc1OC. The molecule has 0 aliphatic heterocycles. The molecular formula is C29H29NO7. The Morgan fingerprint density at radius 2 is 1.19 bits per heavy atom. The third kappa shape index (κ3) is 6.56. The van der Waals surface area contributed by atoms with E-state index in [1.807, 2.05) is 30.3 Å². The summed E-state index contributed by atoms with van der Waals surface area (Å²) in [5.41, 5.74) is 1.19. The monoisotopic (exact) mass is 503 g/mol. The molecule has 0 spiro atoms. The van der Waals surface area contributed by atoms with Crippen LogP contribution >= 0.6 is 0 Å². The van der Waals surface area contributed by atoms with E-state index in [9.17, 15) is 14.8 Å². The van der Waals surface area contributed by atoms with Crippen LogP contribution in [0.1, 0.15) is 26.3 Å². The number of hydroxylamine groups is 2. The fourth-order valence-electron chi connectivity index (χ4n) is 3.72. The third-order valence-corrected chi connectivity index (χ3v) is 5.48. The Morgan fingerprint density at radius 1 is 0.703 bits per heavy atom. The van der Waals surface area contributed by atoms with Gasteiger partial charge in [-0.2, -0.15) is 0 Å². The lowest BCUT2D eigenvalue weighted by Gasteiger charge is -2.16. The summed E-state index contributed by atoms with van der Waals surface area (Å²) < 4.78 is 21.4. The molecule has 3 aromatic rings. The number of hydrogen-bond donors (Lipinski definition) is 1. The van der Waals surface area contributed by atoms with Crippen molar-refractivity contribution in [3.8, 4) is 23.0 Å². The van der Waals surface area contributed by atoms with E-state index in [1.54, 1.807) is 36.4 Å². The van der Waals surface area contributed by atoms with Gasteiger partial charge in [-0.3, -0.25) is 19.9 Å². The highest BCUT2D eigenvalue weighted by molar-refractivity contribution is 6.15. The summed E-state index contributed by atoms with van der Waals surface area (Å²) in [4.78, 5) is 26.9. The number of allylic oxidation sites excluding steroid dienone is 3. The summed E-state index contributed by atoms with van der Waals surface area (Å²) in [6, 6.07) is 19.2. The summed E-state index contributed by atoms with van der Waals surface area (Å²) in [6.45, 7) is 0.114. The molecule has 0 unspecified atom stereocenters. The minimum Gasteiger partial charge on any atom is -0.496 e. The Labute approximate surface area is 215 Å². The molecule has 192 valence electrons. The van der Waals surface area contributed by atoms with Crippen molar-refractivity contribution in [3.63, 3.8) is 0 Å². The van der Waals surface area contributed by atoms with Gasteiger partial charge in [-0.1, -0.05) is 42.5 Å². The van der Waals surface area contributed by atoms with E-state index in [2.05, 4.69) is 0 Å². The van der Waals surface area contributed by atoms with Crippen LogP contribution in [0.2, 0.25) is 0 Å². The first-order valence-electron chi connectivity index (χ1n) is 11.3. The molecule has 3 rings (SSSR count). The van der Waals surface area contributed by atoms with Crippen molar-refractivity contribution in [2.24, 2.45) is 0 Å². The third-order valence-electron chi connectivity index (χ3n) is 5.48. The molecule has 0 saturated heterocycles. The number of methoxy groups -OCH3 is 4. The number of benzene rings is 3. The van der Waals surface area contributed by atoms with Crippen LogP contribution < -0.4 is 18.9 Å². The fraction of sp³-hybridized carbons (Fsp3) is 0.172. The molecule has 0 radical (unpaired) electrons. The number of Topliss-reactive ketones (excluding diaryl/α,β-unsaturated/α-hetero) is 1. The van der Waals surface area contributed by atoms with Gasteiger partial charge in [0, 0.05) is 11.8 Å². The smallest absolute Gasteiger partial charge is 0.202 e. The van der Waals surface area contributed by atoms with Crippen LogP contribution in [0.5, 0.6) is 23.0 Å². The van der Waals surface area contributed by atoms with E-state index in [0.717, 1.165) is 10.6 Å². The fourth-order valence-corrected chi connectivity index (χ4v) is 3.72. The maximum absolute atomic E-state index is 13.7. The quantitative estimate of drug-likeness (QED) is 0.158. The zero-order chi connectivity index (χ0) is 26.8. The van der Waals surface area contributed by atoms with Crippen LogP contribution in [0.15, 0.2) is 90.7 Å². The second-order valence-electron chi connectivity index (χ2n) is 7.77. The molecule has 37 heavy (non-hydrogen) atoms. The van der Waals surface area contributed by atoms with Gasteiger partial charge in [0.2, 0.25) is 5.78 Å². The van der Waals surface area contributed by atoms with E-state index >= 15 is 0 Å². The lowest BCUT2D eigenvalue weighted by molar-refractivity contribution is -0.0496. The Morgan fingerprint density at radius 3 is 1.68 bits per heavy atom. The first-order chi connectivity index (χ1) is 17.9. The highest BCUT2D eigenvalue weighted by atomic mass is 16.5. The minimum absolute atomic E-state index is 0.0171. The molecule has 0 heterocycles. The van der Waals surface area contributed by atoms with Crippen molar-refractivity contribution >= 4 is 11.6 Å². The van der Waals surface area contributed by atoms with Gasteiger partial charge in [0.1, 0.15) is 34.1 Å². The predicted octanol–water partition coefficient (Wildman–Crippen LogP) is 5.12. The second kappa shape index (κ2) is 12.9. The van der Waals surface area contributed by atoms with Crippen LogP contribution in [-0.4, -0.2) is 50.3 Å². The van der Waals surface area contributed by atoms with E-state index in [-0.39, 0.29) is 34.7 Å². The predicted molar refractivity (Wildman–Crippen MR) is 139 cm³/mol. The Balaban J connectivity index is 2.05. The van der Waals surface area contributed by atoms with Crippen molar-refractivity contribution < 1.29 is 33.7 Å². The molecule has 0 aliphatic rings. The van der Waals surface area contributed by atoms with Gasteiger partial charge in [0.05, 0.1) is 35.0 Å². The van der Waals surface area contributed by atoms with Crippen LogP contribution in [0, 0.1) is 0 Å². The van der Waals surface area contributed by atoms with Gasteiger partial charge < -0.3 is 18.9 Å². The van der Waals surface area contributed by atoms with Gasteiger partial charge in [-0.25, -0.2) is 0 Å². The highest BCUT2D eigenvalue weighted by Crippen LogP contribution is 2.32. The van der Waals surface area contributed by atoms with Crippen molar-refractivity contribution in [1.82, 2.24) is 5.06 Å². The van der Waals surface area contributed by atoms with Crippen molar-refractivity contribution in [2.75, 3.05) is 28.4 Å². The summed E-state index contributed by atoms with van der Waals surface area (Å²) in [5, 5.41) is 11.5. The molecule has 8 heteroatoms. The molecule has 0 fully saturated rings. The molecule has 0 amide bonds. The molecule has 0 bridgehead atoms. The highest BCUT2D eigenvalue weighted by Gasteiger charge is 2.22. The largest absolute Gasteiger partial charge is 0.496 e. The van der Waals surface area contributed by atoms with E-state index in [1.165, 1.54) is 46.8 Å². The second-order valence-corrected chi connectivity index (χ2v) is 7.77. The average Bonchev–Trinajstić information content (AvgIpc) is 2.94. The Bertz CT molecular complexity index is 1250. The maximum atomic E-state index is 13.7. The maximum Gasteiger partial charge on any atom is 0.202 e. The lowest BCUT2D eigenvalue weighted by Crippen LogP contribution is -2.15. The topological polar surface area (TPSA) is 94.5 Å². The normalized spacial score (nSPS) is 11.2. The zero-order valence-corrected chi connectivity index (χ0v) is 21.1. The van der Waals surface area contributed by atoms with Gasteiger partial charge in [0.15, 0.2) is 5.78 Å². The molecule has 0 saturated carbocycles. The van der Waals surface area contributed by atoms with Crippen LogP contribution in [-0.2, 0) is 6.54 Å². The molecule has 0 atom stereocenters. The molecule has 1 N–H and O–H groups in total. The van der Waals surface area contributed by atoms with Gasteiger partial charge in [-0.15, -0.1) is 0 Å². The lowest BCUT2D eigenvalue weighted by atomic mass is 10.00. The van der Waals surface area contributed by atoms with Gasteiger partial charge >= 0.3 is 0 Å². The van der Waals surface area contributed by atoms with Crippen LogP contribution in [0.25, 0.3) is 0 Å². The summed E-state index contributed by atoms with van der Waals surface area (Å²) in [7, 11) is 5.78. The first-order valence-corrected chi connectivity index (χ1v) is 11.3. The van der Waals surface area contributed by atoms with Crippen LogP contribution in [0.3, 0.4) is 0 Å². The van der Waals surface area contributed by atoms with E-state index < -0.39 is 11.6 Å².